The first-order valence-corrected chi connectivity index (χ1v) is 12.5. The van der Waals surface area contributed by atoms with Gasteiger partial charge in [0.1, 0.15) is 11.5 Å². The van der Waals surface area contributed by atoms with Crippen molar-refractivity contribution >= 4 is 11.7 Å². The Balaban J connectivity index is 1.31. The zero-order valence-corrected chi connectivity index (χ0v) is 21.4. The molecule has 0 aliphatic carbocycles. The number of aromatic nitrogens is 1. The number of hydrogen-bond acceptors (Lipinski definition) is 4. The van der Waals surface area contributed by atoms with E-state index in [-0.39, 0.29) is 11.7 Å². The first kappa shape index (κ1) is 25.8. The van der Waals surface area contributed by atoms with Crippen molar-refractivity contribution in [2.75, 3.05) is 20.7 Å². The lowest BCUT2D eigenvalue weighted by molar-refractivity contribution is -0.118. The van der Waals surface area contributed by atoms with E-state index in [4.69, 9.17) is 4.74 Å². The Morgan fingerprint density at radius 2 is 1.65 bits per heavy atom. The molecular formula is C32H32N2O3. The summed E-state index contributed by atoms with van der Waals surface area (Å²) >= 11 is 0. The number of carbonyl (C=O) groups excluding carboxylic acids is 2. The number of pyridine rings is 1. The molecule has 0 fully saturated rings. The quantitative estimate of drug-likeness (QED) is 0.265. The molecule has 5 nitrogen and oxygen atoms in total. The average molecular weight is 493 g/mol. The number of benzene rings is 3. The smallest absolute Gasteiger partial charge is 0.253 e. The van der Waals surface area contributed by atoms with Crippen LogP contribution in [0.2, 0.25) is 0 Å². The molecule has 1 aromatic heterocycles. The summed E-state index contributed by atoms with van der Waals surface area (Å²) in [5, 5.41) is 0. The highest BCUT2D eigenvalue weighted by Crippen LogP contribution is 2.26. The molecule has 0 N–H and O–H groups in total. The van der Waals surface area contributed by atoms with Gasteiger partial charge in [-0.05, 0) is 64.6 Å². The van der Waals surface area contributed by atoms with Crippen molar-refractivity contribution in [3.05, 3.63) is 120 Å². The van der Waals surface area contributed by atoms with Crippen molar-refractivity contribution in [1.82, 2.24) is 9.88 Å². The first-order chi connectivity index (χ1) is 18.0. The van der Waals surface area contributed by atoms with E-state index < -0.39 is 0 Å². The topological polar surface area (TPSA) is 59.5 Å². The summed E-state index contributed by atoms with van der Waals surface area (Å²) in [6.45, 7) is 0.525. The lowest BCUT2D eigenvalue weighted by Gasteiger charge is -2.14. The van der Waals surface area contributed by atoms with Crippen molar-refractivity contribution in [3.8, 4) is 16.9 Å². The van der Waals surface area contributed by atoms with Gasteiger partial charge in [-0.15, -0.1) is 0 Å². The number of carbonyl (C=O) groups is 2. The first-order valence-electron chi connectivity index (χ1n) is 12.5. The van der Waals surface area contributed by atoms with E-state index in [1.807, 2.05) is 72.8 Å². The summed E-state index contributed by atoms with van der Waals surface area (Å²) in [4.78, 5) is 30.5. The van der Waals surface area contributed by atoms with Crippen molar-refractivity contribution in [2.45, 2.75) is 25.7 Å². The summed E-state index contributed by atoms with van der Waals surface area (Å²) in [7, 11) is 3.52. The second-order valence-corrected chi connectivity index (χ2v) is 9.26. The van der Waals surface area contributed by atoms with Crippen LogP contribution in [0.15, 0.2) is 97.3 Å². The molecule has 0 aliphatic heterocycles. The molecule has 3 aromatic carbocycles. The van der Waals surface area contributed by atoms with Crippen LogP contribution in [0.1, 0.15) is 33.5 Å². The van der Waals surface area contributed by atoms with Gasteiger partial charge in [0.15, 0.2) is 0 Å². The van der Waals surface area contributed by atoms with Gasteiger partial charge in [-0.2, -0.15) is 0 Å². The number of rotatable bonds is 11. The van der Waals surface area contributed by atoms with Crippen molar-refractivity contribution < 1.29 is 14.3 Å². The van der Waals surface area contributed by atoms with Gasteiger partial charge in [0.25, 0.3) is 5.91 Å². The molecule has 37 heavy (non-hydrogen) atoms. The minimum absolute atomic E-state index is 0.0127. The molecule has 0 unspecified atom stereocenters. The maximum absolute atomic E-state index is 12.4. The maximum Gasteiger partial charge on any atom is 0.253 e. The van der Waals surface area contributed by atoms with Gasteiger partial charge in [0.2, 0.25) is 0 Å². The molecule has 0 saturated heterocycles. The minimum Gasteiger partial charge on any atom is -0.493 e. The lowest BCUT2D eigenvalue weighted by Crippen LogP contribution is -2.21. The predicted octanol–water partition coefficient (Wildman–Crippen LogP) is 5.82. The van der Waals surface area contributed by atoms with Gasteiger partial charge in [0.05, 0.1) is 6.61 Å². The van der Waals surface area contributed by atoms with E-state index in [2.05, 4.69) is 17.1 Å². The second kappa shape index (κ2) is 12.6. The van der Waals surface area contributed by atoms with Crippen LogP contribution in [0.4, 0.5) is 0 Å². The number of amides is 1. The Morgan fingerprint density at radius 3 is 2.41 bits per heavy atom. The van der Waals surface area contributed by atoms with E-state index in [1.165, 1.54) is 0 Å². The van der Waals surface area contributed by atoms with Gasteiger partial charge in [-0.1, -0.05) is 54.6 Å². The fourth-order valence-electron chi connectivity index (χ4n) is 4.23. The summed E-state index contributed by atoms with van der Waals surface area (Å²) in [6, 6.07) is 27.6. The number of nitrogens with zero attached hydrogens (tertiary/aromatic N) is 2. The van der Waals surface area contributed by atoms with Crippen LogP contribution in [0.5, 0.6) is 5.75 Å². The zero-order valence-electron chi connectivity index (χ0n) is 21.4. The van der Waals surface area contributed by atoms with Crippen LogP contribution in [-0.2, 0) is 24.1 Å². The molecule has 4 rings (SSSR count). The van der Waals surface area contributed by atoms with Crippen LogP contribution in [0, 0.1) is 0 Å². The molecular weight excluding hydrogens is 460 g/mol. The molecule has 0 spiro atoms. The highest BCUT2D eigenvalue weighted by molar-refractivity contribution is 5.95. The molecule has 0 aliphatic rings. The average Bonchev–Trinajstić information content (AvgIpc) is 2.93. The molecule has 0 saturated carbocycles. The minimum atomic E-state index is -0.0127. The number of ether oxygens (including phenoxy) is 1. The molecule has 188 valence electrons. The van der Waals surface area contributed by atoms with E-state index in [1.54, 1.807) is 31.4 Å². The fraction of sp³-hybridized carbons (Fsp3) is 0.219. The Kier molecular flexibility index (Phi) is 8.82. The summed E-state index contributed by atoms with van der Waals surface area (Å²) in [6.07, 6.45) is 5.92. The molecule has 1 amide bonds. The van der Waals surface area contributed by atoms with Crippen molar-refractivity contribution in [3.63, 3.8) is 0 Å². The number of hydrogen-bond donors (Lipinski definition) is 0. The third kappa shape index (κ3) is 7.37. The van der Waals surface area contributed by atoms with Gasteiger partial charge in [0, 0.05) is 51.3 Å². The van der Waals surface area contributed by atoms with Gasteiger partial charge in [-0.25, -0.2) is 0 Å². The second-order valence-electron chi connectivity index (χ2n) is 9.26. The normalized spacial score (nSPS) is 10.6. The summed E-state index contributed by atoms with van der Waals surface area (Å²) < 4.78 is 6.01. The highest BCUT2D eigenvalue weighted by atomic mass is 16.5. The van der Waals surface area contributed by atoms with Gasteiger partial charge in [-0.3, -0.25) is 14.6 Å². The number of ketones is 1. The SMILES string of the molecule is CN(C)C(=O)c1cccc(-c2ccccc2CCOc2ccc(CC(=O)CCc3cccnc3)cc2)c1. The van der Waals surface area contributed by atoms with E-state index in [0.717, 1.165) is 40.0 Å². The molecule has 4 aromatic rings. The summed E-state index contributed by atoms with van der Waals surface area (Å²) in [5.41, 5.74) is 6.01. The number of Topliss-reactive ketones (excluding diaryl/α,β-unsaturated/α-hetero) is 1. The molecule has 5 heteroatoms. The standard InChI is InChI=1S/C32H32N2O3/c1-34(2)32(36)28-10-5-9-27(22-28)31-11-4-3-8-26(31)18-20-37-30-16-13-24(14-17-30)21-29(35)15-12-25-7-6-19-33-23-25/h3-11,13-14,16-17,19,22-23H,12,15,18,20-21H2,1-2H3. The molecule has 1 heterocycles. The predicted molar refractivity (Wildman–Crippen MR) is 147 cm³/mol. The Labute approximate surface area is 218 Å². The lowest BCUT2D eigenvalue weighted by atomic mass is 9.96. The van der Waals surface area contributed by atoms with Crippen LogP contribution in [0.3, 0.4) is 0 Å². The van der Waals surface area contributed by atoms with E-state index in [0.29, 0.717) is 31.4 Å². The Bertz CT molecular complexity index is 1330. The Morgan fingerprint density at radius 1 is 0.838 bits per heavy atom. The van der Waals surface area contributed by atoms with Gasteiger partial charge >= 0.3 is 0 Å². The molecule has 0 bridgehead atoms. The van der Waals surface area contributed by atoms with Crippen molar-refractivity contribution in [2.24, 2.45) is 0 Å². The third-order valence-corrected chi connectivity index (χ3v) is 6.22. The molecule has 0 radical (unpaired) electrons. The monoisotopic (exact) mass is 492 g/mol. The van der Waals surface area contributed by atoms with Crippen molar-refractivity contribution in [1.29, 1.82) is 0 Å². The maximum atomic E-state index is 12.4. The van der Waals surface area contributed by atoms with Crippen LogP contribution in [0.25, 0.3) is 11.1 Å². The van der Waals surface area contributed by atoms with Gasteiger partial charge < -0.3 is 9.64 Å². The van der Waals surface area contributed by atoms with Crippen LogP contribution < -0.4 is 4.74 Å². The van der Waals surface area contributed by atoms with Crippen LogP contribution in [-0.4, -0.2) is 42.3 Å². The van der Waals surface area contributed by atoms with E-state index in [9.17, 15) is 9.59 Å². The third-order valence-electron chi connectivity index (χ3n) is 6.22. The van der Waals surface area contributed by atoms with E-state index >= 15 is 0 Å². The highest BCUT2D eigenvalue weighted by Gasteiger charge is 2.11. The Hall–Kier alpha value is -4.25. The summed E-state index contributed by atoms with van der Waals surface area (Å²) in [5.74, 6) is 0.981. The number of aryl methyl sites for hydroxylation is 1. The van der Waals surface area contributed by atoms with Crippen LogP contribution >= 0.6 is 0 Å². The largest absolute Gasteiger partial charge is 0.493 e. The molecule has 0 atom stereocenters. The zero-order chi connectivity index (χ0) is 26.0. The fourth-order valence-corrected chi connectivity index (χ4v) is 4.23.